The third-order valence-electron chi connectivity index (χ3n) is 4.88. The number of hydrogen-bond acceptors (Lipinski definition) is 5. The van der Waals surface area contributed by atoms with Crippen LogP contribution in [0, 0.1) is 6.92 Å². The van der Waals surface area contributed by atoms with E-state index in [1.807, 2.05) is 6.92 Å². The maximum Gasteiger partial charge on any atom is 0.211 e. The van der Waals surface area contributed by atoms with E-state index in [4.69, 9.17) is 0 Å². The number of aromatic nitrogens is 1. The summed E-state index contributed by atoms with van der Waals surface area (Å²) in [5, 5.41) is 3.26. The van der Waals surface area contributed by atoms with Gasteiger partial charge < -0.3 is 0 Å². The quantitative estimate of drug-likeness (QED) is 0.849. The van der Waals surface area contributed by atoms with Crippen molar-refractivity contribution in [2.24, 2.45) is 0 Å². The molecule has 21 heavy (non-hydrogen) atoms. The Hall–Kier alpha value is -0.500. The monoisotopic (exact) mass is 329 g/mol. The van der Waals surface area contributed by atoms with Crippen molar-refractivity contribution in [3.8, 4) is 0 Å². The summed E-state index contributed by atoms with van der Waals surface area (Å²) in [6, 6.07) is 0. The van der Waals surface area contributed by atoms with Crippen LogP contribution < -0.4 is 0 Å². The molecule has 1 spiro atoms. The summed E-state index contributed by atoms with van der Waals surface area (Å²) >= 11 is 1.70. The second kappa shape index (κ2) is 5.61. The van der Waals surface area contributed by atoms with Gasteiger partial charge in [0, 0.05) is 30.6 Å². The molecule has 7 heteroatoms. The minimum absolute atomic E-state index is 0.193. The molecule has 0 unspecified atom stereocenters. The summed E-state index contributed by atoms with van der Waals surface area (Å²) in [5.41, 5.74) is 1.35. The summed E-state index contributed by atoms with van der Waals surface area (Å²) < 4.78 is 25.0. The standard InChI is InChI=1S/C14H23N3O2S2/c1-12-15-13(11-20-12)10-16-7-3-4-14(16)5-8-17(9-6-14)21(2,18)19/h11H,3-10H2,1-2H3. The highest BCUT2D eigenvalue weighted by molar-refractivity contribution is 7.88. The van der Waals surface area contributed by atoms with Crippen LogP contribution in [0.25, 0.3) is 0 Å². The molecule has 1 aromatic heterocycles. The zero-order valence-corrected chi connectivity index (χ0v) is 14.3. The minimum Gasteiger partial charge on any atom is -0.292 e. The molecule has 0 bridgehead atoms. The van der Waals surface area contributed by atoms with Crippen LogP contribution in [-0.2, 0) is 16.6 Å². The van der Waals surface area contributed by atoms with Crippen LogP contribution in [0.2, 0.25) is 0 Å². The largest absolute Gasteiger partial charge is 0.292 e. The molecule has 2 aliphatic heterocycles. The van der Waals surface area contributed by atoms with E-state index in [2.05, 4.69) is 15.3 Å². The zero-order chi connectivity index (χ0) is 15.1. The van der Waals surface area contributed by atoms with E-state index in [-0.39, 0.29) is 5.54 Å². The predicted octanol–water partition coefficient (Wildman–Crippen LogP) is 1.84. The van der Waals surface area contributed by atoms with E-state index in [1.54, 1.807) is 15.6 Å². The van der Waals surface area contributed by atoms with Gasteiger partial charge in [0.15, 0.2) is 0 Å². The van der Waals surface area contributed by atoms with Crippen LogP contribution in [0.4, 0.5) is 0 Å². The van der Waals surface area contributed by atoms with E-state index in [1.165, 1.54) is 19.1 Å². The average Bonchev–Trinajstić information content (AvgIpc) is 2.98. The number of nitrogens with zero attached hydrogens (tertiary/aromatic N) is 3. The first-order valence-corrected chi connectivity index (χ1v) is 10.2. The molecule has 1 aromatic rings. The smallest absolute Gasteiger partial charge is 0.211 e. The Morgan fingerprint density at radius 1 is 1.29 bits per heavy atom. The molecule has 0 saturated carbocycles. The van der Waals surface area contributed by atoms with Gasteiger partial charge in [0.05, 0.1) is 17.0 Å². The van der Waals surface area contributed by atoms with Crippen molar-refractivity contribution in [3.05, 3.63) is 16.1 Å². The number of aryl methyl sites for hydroxylation is 1. The summed E-state index contributed by atoms with van der Waals surface area (Å²) in [6.07, 6.45) is 5.61. The molecule has 0 N–H and O–H groups in total. The van der Waals surface area contributed by atoms with E-state index >= 15 is 0 Å². The van der Waals surface area contributed by atoms with E-state index in [0.717, 1.165) is 36.6 Å². The number of thiazole rings is 1. The van der Waals surface area contributed by atoms with Crippen LogP contribution in [0.1, 0.15) is 36.4 Å². The van der Waals surface area contributed by atoms with Gasteiger partial charge in [-0.3, -0.25) is 4.90 Å². The molecule has 118 valence electrons. The highest BCUT2D eigenvalue weighted by Crippen LogP contribution is 2.39. The van der Waals surface area contributed by atoms with Gasteiger partial charge >= 0.3 is 0 Å². The SMILES string of the molecule is Cc1nc(CN2CCCC23CCN(S(C)(=O)=O)CC3)cs1. The van der Waals surface area contributed by atoms with Crippen molar-refractivity contribution in [1.29, 1.82) is 0 Å². The molecule has 2 fully saturated rings. The van der Waals surface area contributed by atoms with E-state index in [9.17, 15) is 8.42 Å². The summed E-state index contributed by atoms with van der Waals surface area (Å²) in [4.78, 5) is 7.12. The third-order valence-corrected chi connectivity index (χ3v) is 7.01. The van der Waals surface area contributed by atoms with Gasteiger partial charge in [0.2, 0.25) is 10.0 Å². The van der Waals surface area contributed by atoms with E-state index < -0.39 is 10.0 Å². The normalized spacial score (nSPS) is 23.9. The number of rotatable bonds is 3. The molecule has 0 aliphatic carbocycles. The van der Waals surface area contributed by atoms with Crippen LogP contribution in [0.5, 0.6) is 0 Å². The van der Waals surface area contributed by atoms with Gasteiger partial charge in [0.1, 0.15) is 0 Å². The van der Waals surface area contributed by atoms with Crippen molar-refractivity contribution < 1.29 is 8.42 Å². The molecule has 0 amide bonds. The lowest BCUT2D eigenvalue weighted by molar-refractivity contribution is 0.0713. The van der Waals surface area contributed by atoms with Gasteiger partial charge in [-0.15, -0.1) is 11.3 Å². The zero-order valence-electron chi connectivity index (χ0n) is 12.7. The molecule has 5 nitrogen and oxygen atoms in total. The molecule has 0 radical (unpaired) electrons. The fourth-order valence-corrected chi connectivity index (χ4v) is 5.17. The van der Waals surface area contributed by atoms with Crippen LogP contribution in [0.15, 0.2) is 5.38 Å². The first-order valence-electron chi connectivity index (χ1n) is 7.50. The lowest BCUT2D eigenvalue weighted by atomic mass is 9.85. The van der Waals surface area contributed by atoms with Crippen molar-refractivity contribution in [2.75, 3.05) is 25.9 Å². The van der Waals surface area contributed by atoms with Crippen molar-refractivity contribution in [3.63, 3.8) is 0 Å². The highest BCUT2D eigenvalue weighted by atomic mass is 32.2. The number of hydrogen-bond donors (Lipinski definition) is 0. The molecule has 2 aliphatic rings. The fourth-order valence-electron chi connectivity index (χ4n) is 3.72. The molecular weight excluding hydrogens is 306 g/mol. The Morgan fingerprint density at radius 2 is 2.00 bits per heavy atom. The van der Waals surface area contributed by atoms with Gasteiger partial charge in [-0.1, -0.05) is 0 Å². The number of likely N-dealkylation sites (tertiary alicyclic amines) is 1. The fraction of sp³-hybridized carbons (Fsp3) is 0.786. The van der Waals surface area contributed by atoms with Crippen molar-refractivity contribution in [1.82, 2.24) is 14.2 Å². The first-order chi connectivity index (χ1) is 9.89. The van der Waals surface area contributed by atoms with Gasteiger partial charge in [-0.05, 0) is 39.2 Å². The molecule has 2 saturated heterocycles. The van der Waals surface area contributed by atoms with Crippen LogP contribution >= 0.6 is 11.3 Å². The highest BCUT2D eigenvalue weighted by Gasteiger charge is 2.44. The Bertz CT molecular complexity index is 603. The predicted molar refractivity (Wildman–Crippen MR) is 84.9 cm³/mol. The first kappa shape index (κ1) is 15.4. The molecule has 0 aromatic carbocycles. The molecule has 0 atom stereocenters. The summed E-state index contributed by atoms with van der Waals surface area (Å²) in [7, 11) is -3.04. The molecular formula is C14H23N3O2S2. The van der Waals surface area contributed by atoms with Gasteiger partial charge in [0.25, 0.3) is 0 Å². The Morgan fingerprint density at radius 3 is 2.57 bits per heavy atom. The Labute approximate surface area is 131 Å². The maximum absolute atomic E-state index is 11.7. The van der Waals surface area contributed by atoms with Crippen LogP contribution in [0.3, 0.4) is 0 Å². The van der Waals surface area contributed by atoms with Gasteiger partial charge in [-0.25, -0.2) is 17.7 Å². The molecule has 3 rings (SSSR count). The number of sulfonamides is 1. The topological polar surface area (TPSA) is 53.5 Å². The minimum atomic E-state index is -3.04. The maximum atomic E-state index is 11.7. The number of piperidine rings is 1. The van der Waals surface area contributed by atoms with Crippen molar-refractivity contribution >= 4 is 21.4 Å². The lowest BCUT2D eigenvalue weighted by Gasteiger charge is -2.44. The van der Waals surface area contributed by atoms with Crippen LogP contribution in [-0.4, -0.2) is 54.0 Å². The average molecular weight is 329 g/mol. The van der Waals surface area contributed by atoms with Crippen molar-refractivity contribution in [2.45, 2.75) is 44.7 Å². The Balaban J connectivity index is 1.69. The van der Waals surface area contributed by atoms with E-state index in [0.29, 0.717) is 13.1 Å². The molecule has 3 heterocycles. The van der Waals surface area contributed by atoms with Gasteiger partial charge in [-0.2, -0.15) is 0 Å². The second-order valence-electron chi connectivity index (χ2n) is 6.27. The third kappa shape index (κ3) is 3.16. The summed E-state index contributed by atoms with van der Waals surface area (Å²) in [6.45, 7) is 5.37. The Kier molecular flexibility index (Phi) is 4.11. The lowest BCUT2D eigenvalue weighted by Crippen LogP contribution is -2.52. The summed E-state index contributed by atoms with van der Waals surface area (Å²) in [5.74, 6) is 0. The second-order valence-corrected chi connectivity index (χ2v) is 9.31.